The molecule has 3 aliphatic rings. The Kier molecular flexibility index (Phi) is 9.28. The predicted molar refractivity (Wildman–Crippen MR) is 176 cm³/mol. The van der Waals surface area contributed by atoms with E-state index < -0.39 is 27.9 Å². The van der Waals surface area contributed by atoms with E-state index in [-0.39, 0.29) is 28.8 Å². The minimum Gasteiger partial charge on any atom is -0.477 e. The highest BCUT2D eigenvalue weighted by Gasteiger charge is 2.44. The van der Waals surface area contributed by atoms with Crippen LogP contribution in [0, 0.1) is 5.92 Å². The number of carboxylic acid groups (broad SMARTS) is 1. The number of thiophene rings is 1. The number of piperidine rings is 1. The Labute approximate surface area is 269 Å². The van der Waals surface area contributed by atoms with E-state index in [4.69, 9.17) is 0 Å². The summed E-state index contributed by atoms with van der Waals surface area (Å²) in [6.45, 7) is 1.45. The maximum Gasteiger partial charge on any atom is 0.348 e. The topological polar surface area (TPSA) is 114 Å². The number of carboxylic acids is 1. The van der Waals surface area contributed by atoms with Crippen molar-refractivity contribution in [3.8, 4) is 10.4 Å². The van der Waals surface area contributed by atoms with Gasteiger partial charge in [0.15, 0.2) is 0 Å². The summed E-state index contributed by atoms with van der Waals surface area (Å²) in [6.07, 6.45) is 8.38. The third-order valence-electron chi connectivity index (χ3n) is 9.53. The first-order valence-electron chi connectivity index (χ1n) is 15.8. The number of rotatable bonds is 8. The summed E-state index contributed by atoms with van der Waals surface area (Å²) in [5, 5.41) is 10.2. The van der Waals surface area contributed by atoms with E-state index in [2.05, 4.69) is 28.9 Å². The number of carbonyl (C=O) groups is 2. The van der Waals surface area contributed by atoms with Crippen molar-refractivity contribution in [3.05, 3.63) is 59.6 Å². The summed E-state index contributed by atoms with van der Waals surface area (Å²) in [4.78, 5) is 37.9. The van der Waals surface area contributed by atoms with Crippen LogP contribution < -0.4 is 9.80 Å². The summed E-state index contributed by atoms with van der Waals surface area (Å²) in [5.74, 6) is -0.701. The van der Waals surface area contributed by atoms with Crippen molar-refractivity contribution in [3.63, 3.8) is 0 Å². The molecular formula is C33H41N5O5S2. The van der Waals surface area contributed by atoms with Crippen LogP contribution in [0.5, 0.6) is 0 Å². The molecule has 12 heteroatoms. The molecule has 1 aromatic carbocycles. The number of nitrogens with zero attached hydrogens (tertiary/aromatic N) is 5. The molecule has 45 heavy (non-hydrogen) atoms. The SMILES string of the molecule is CN(C)[C@@H]1CCCN(c2ccc(S(=O)(=O)N3CC(=O)N(c4cc(-c5ccccc5)sc4C(=O)O)C(C4CCCCC4)C3)cn2)C1. The fourth-order valence-electron chi connectivity index (χ4n) is 7.05. The highest BCUT2D eigenvalue weighted by molar-refractivity contribution is 7.89. The van der Waals surface area contributed by atoms with Gasteiger partial charge in [0.25, 0.3) is 0 Å². The van der Waals surface area contributed by atoms with Gasteiger partial charge in [0, 0.05) is 36.8 Å². The highest BCUT2D eigenvalue weighted by Crippen LogP contribution is 2.42. The molecule has 240 valence electrons. The van der Waals surface area contributed by atoms with E-state index in [1.165, 1.54) is 10.5 Å². The molecule has 10 nitrogen and oxygen atoms in total. The maximum absolute atomic E-state index is 14.0. The molecular weight excluding hydrogens is 611 g/mol. The normalized spacial score (nSPS) is 22.2. The number of hydrogen-bond acceptors (Lipinski definition) is 8. The molecule has 4 heterocycles. The smallest absolute Gasteiger partial charge is 0.348 e. The molecule has 1 unspecified atom stereocenters. The Hall–Kier alpha value is -3.32. The molecule has 1 saturated carbocycles. The Morgan fingerprint density at radius 2 is 1.76 bits per heavy atom. The summed E-state index contributed by atoms with van der Waals surface area (Å²) < 4.78 is 29.3. The van der Waals surface area contributed by atoms with Crippen LogP contribution in [0.25, 0.3) is 10.4 Å². The molecule has 2 saturated heterocycles. The quantitative estimate of drug-likeness (QED) is 0.361. The number of amides is 1. The number of sulfonamides is 1. The van der Waals surface area contributed by atoms with Crippen molar-refractivity contribution < 1.29 is 23.1 Å². The van der Waals surface area contributed by atoms with Crippen LogP contribution in [-0.4, -0.2) is 91.9 Å². The summed E-state index contributed by atoms with van der Waals surface area (Å²) in [6, 6.07) is 14.6. The molecule has 0 bridgehead atoms. The number of piperazine rings is 1. The summed E-state index contributed by atoms with van der Waals surface area (Å²) in [7, 11) is 0.118. The number of likely N-dealkylation sites (N-methyl/N-ethyl adjacent to an activating group) is 1. The molecule has 3 aromatic rings. The molecule has 2 aromatic heterocycles. The van der Waals surface area contributed by atoms with Gasteiger partial charge in [-0.15, -0.1) is 11.3 Å². The van der Waals surface area contributed by atoms with Crippen molar-refractivity contribution in [2.45, 2.75) is 61.9 Å². The maximum atomic E-state index is 14.0. The van der Waals surface area contributed by atoms with Gasteiger partial charge in [0.05, 0.1) is 18.3 Å². The van der Waals surface area contributed by atoms with E-state index in [0.717, 1.165) is 85.6 Å². The Morgan fingerprint density at radius 1 is 1.00 bits per heavy atom. The van der Waals surface area contributed by atoms with Crippen molar-refractivity contribution in [1.82, 2.24) is 14.2 Å². The molecule has 6 rings (SSSR count). The Balaban J connectivity index is 1.29. The van der Waals surface area contributed by atoms with E-state index in [0.29, 0.717) is 11.7 Å². The zero-order valence-electron chi connectivity index (χ0n) is 25.8. The number of hydrogen-bond donors (Lipinski definition) is 1. The number of aromatic carboxylic acids is 1. The van der Waals surface area contributed by atoms with Crippen LogP contribution in [0.15, 0.2) is 59.6 Å². The lowest BCUT2D eigenvalue weighted by molar-refractivity contribution is -0.121. The number of carbonyl (C=O) groups excluding carboxylic acids is 1. The molecule has 2 aliphatic heterocycles. The first-order valence-corrected chi connectivity index (χ1v) is 18.0. The average Bonchev–Trinajstić information content (AvgIpc) is 3.51. The molecule has 3 fully saturated rings. The zero-order chi connectivity index (χ0) is 31.7. The van der Waals surface area contributed by atoms with Gasteiger partial charge in [-0.05, 0) is 69.5 Å². The largest absolute Gasteiger partial charge is 0.477 e. The van der Waals surface area contributed by atoms with E-state index >= 15 is 0 Å². The molecule has 0 radical (unpaired) electrons. The van der Waals surface area contributed by atoms with Gasteiger partial charge in [-0.2, -0.15) is 4.31 Å². The monoisotopic (exact) mass is 651 g/mol. The minimum atomic E-state index is -4.03. The molecule has 1 N–H and O–H groups in total. The van der Waals surface area contributed by atoms with Gasteiger partial charge >= 0.3 is 5.97 Å². The van der Waals surface area contributed by atoms with Crippen molar-refractivity contribution in [2.75, 3.05) is 50.1 Å². The molecule has 2 atom stereocenters. The van der Waals surface area contributed by atoms with Gasteiger partial charge in [0.1, 0.15) is 15.6 Å². The van der Waals surface area contributed by atoms with Crippen molar-refractivity contribution in [2.24, 2.45) is 5.92 Å². The second-order valence-corrected chi connectivity index (χ2v) is 15.6. The number of pyridine rings is 1. The van der Waals surface area contributed by atoms with Gasteiger partial charge in [-0.1, -0.05) is 49.6 Å². The van der Waals surface area contributed by atoms with Gasteiger partial charge in [-0.25, -0.2) is 18.2 Å². The second kappa shape index (κ2) is 13.2. The molecule has 0 spiro atoms. The lowest BCUT2D eigenvalue weighted by atomic mass is 9.82. The number of aromatic nitrogens is 1. The first-order chi connectivity index (χ1) is 21.6. The van der Waals surface area contributed by atoms with Crippen LogP contribution in [0.1, 0.15) is 54.6 Å². The van der Waals surface area contributed by atoms with Crippen LogP contribution in [0.2, 0.25) is 0 Å². The van der Waals surface area contributed by atoms with Crippen LogP contribution in [-0.2, 0) is 14.8 Å². The average molecular weight is 652 g/mol. The molecule has 1 aliphatic carbocycles. The second-order valence-electron chi connectivity index (χ2n) is 12.6. The van der Waals surface area contributed by atoms with Crippen molar-refractivity contribution >= 4 is 44.7 Å². The van der Waals surface area contributed by atoms with E-state index in [1.54, 1.807) is 23.1 Å². The lowest BCUT2D eigenvalue weighted by Crippen LogP contribution is -2.60. The fraction of sp³-hybridized carbons (Fsp3) is 0.485. The van der Waals surface area contributed by atoms with Gasteiger partial charge in [-0.3, -0.25) is 4.79 Å². The zero-order valence-corrected chi connectivity index (χ0v) is 27.5. The first kappa shape index (κ1) is 31.7. The van der Waals surface area contributed by atoms with Gasteiger partial charge < -0.3 is 19.8 Å². The van der Waals surface area contributed by atoms with Crippen LogP contribution in [0.3, 0.4) is 0 Å². The number of benzene rings is 1. The summed E-state index contributed by atoms with van der Waals surface area (Å²) in [5.41, 5.74) is 1.23. The van der Waals surface area contributed by atoms with Gasteiger partial charge in [0.2, 0.25) is 15.9 Å². The van der Waals surface area contributed by atoms with Crippen LogP contribution >= 0.6 is 11.3 Å². The summed E-state index contributed by atoms with van der Waals surface area (Å²) >= 11 is 1.14. The number of anilines is 2. The molecule has 1 amide bonds. The minimum absolute atomic E-state index is 0.0594. The lowest BCUT2D eigenvalue weighted by Gasteiger charge is -2.44. The standard InChI is InChI=1S/C33H41N5O5S2/c1-35(2)25-14-9-17-36(20-25)30-16-15-26(19-34-30)45(42,43)37-21-28(23-10-5-3-6-11-23)38(31(39)22-37)27-18-29(44-32(27)33(40)41)24-12-7-4-8-13-24/h4,7-8,12-13,15-16,18-19,23,25,28H,3,5-6,9-11,14,17,20-22H2,1-2H3,(H,40,41)/t25-,28?/m1/s1. The fourth-order valence-corrected chi connectivity index (χ4v) is 9.39. The third kappa shape index (κ3) is 6.51. The van der Waals surface area contributed by atoms with Crippen LogP contribution in [0.4, 0.5) is 11.5 Å². The highest BCUT2D eigenvalue weighted by atomic mass is 32.2. The predicted octanol–water partition coefficient (Wildman–Crippen LogP) is 5.03. The van der Waals surface area contributed by atoms with E-state index in [1.807, 2.05) is 30.3 Å². The third-order valence-corrected chi connectivity index (χ3v) is 12.5. The Morgan fingerprint density at radius 3 is 2.42 bits per heavy atom. The Bertz CT molecular complexity index is 1620. The van der Waals surface area contributed by atoms with Crippen molar-refractivity contribution in [1.29, 1.82) is 0 Å². The van der Waals surface area contributed by atoms with E-state index in [9.17, 15) is 23.1 Å².